The number of amides is 1. The number of halogens is 1. The number of rotatable bonds is 7. The Bertz CT molecular complexity index is 1120. The summed E-state index contributed by atoms with van der Waals surface area (Å²) in [7, 11) is 1.54. The maximum Gasteiger partial charge on any atom is 0.268 e. The zero-order valence-corrected chi connectivity index (χ0v) is 18.7. The second-order valence-corrected chi connectivity index (χ2v) is 7.79. The van der Waals surface area contributed by atoms with Crippen molar-refractivity contribution >= 4 is 44.4 Å². The number of nitrogens with zero attached hydrogens (tertiary/aromatic N) is 2. The number of carbonyl (C=O) groups excluding carboxylic acids is 1. The first kappa shape index (κ1) is 21.6. The maximum atomic E-state index is 12.6. The largest absolute Gasteiger partial charge is 0.493 e. The molecule has 0 atom stereocenters. The second-order valence-electron chi connectivity index (χ2n) is 6.01. The standard InChI is InChI=1S/C22H18BrN3O3S/c1-3-29-19-9-4-14(11-20(19)28-2)10-16(12-24)21(27)26-22-25-18(13-30-22)15-5-7-17(23)8-6-15/h4-11,13H,3H2,1-2H3,(H,25,26,27)/b16-10-. The molecule has 0 aliphatic rings. The van der Waals surface area contributed by atoms with Crippen LogP contribution >= 0.6 is 27.3 Å². The van der Waals surface area contributed by atoms with Crippen molar-refractivity contribution in [3.8, 4) is 28.8 Å². The lowest BCUT2D eigenvalue weighted by Crippen LogP contribution is -2.13. The summed E-state index contributed by atoms with van der Waals surface area (Å²) in [4.78, 5) is 17.0. The second kappa shape index (κ2) is 10.1. The molecular weight excluding hydrogens is 466 g/mol. The normalized spacial score (nSPS) is 10.9. The van der Waals surface area contributed by atoms with E-state index in [-0.39, 0.29) is 5.57 Å². The molecule has 0 spiro atoms. The highest BCUT2D eigenvalue weighted by molar-refractivity contribution is 9.10. The van der Waals surface area contributed by atoms with E-state index in [9.17, 15) is 10.1 Å². The van der Waals surface area contributed by atoms with E-state index < -0.39 is 5.91 Å². The number of hydrogen-bond donors (Lipinski definition) is 1. The van der Waals surface area contributed by atoms with Crippen molar-refractivity contribution in [3.05, 3.63) is 63.5 Å². The van der Waals surface area contributed by atoms with Crippen LogP contribution in [0.2, 0.25) is 0 Å². The van der Waals surface area contributed by atoms with Crippen LogP contribution in [0, 0.1) is 11.3 Å². The lowest BCUT2D eigenvalue weighted by atomic mass is 10.1. The highest BCUT2D eigenvalue weighted by atomic mass is 79.9. The van der Waals surface area contributed by atoms with Crippen LogP contribution in [-0.4, -0.2) is 24.6 Å². The van der Waals surface area contributed by atoms with Gasteiger partial charge in [0.05, 0.1) is 19.4 Å². The molecule has 0 saturated heterocycles. The van der Waals surface area contributed by atoms with Crippen molar-refractivity contribution in [3.63, 3.8) is 0 Å². The molecule has 6 nitrogen and oxygen atoms in total. The van der Waals surface area contributed by atoms with Gasteiger partial charge < -0.3 is 9.47 Å². The fourth-order valence-electron chi connectivity index (χ4n) is 2.61. The number of methoxy groups -OCH3 is 1. The average molecular weight is 484 g/mol. The monoisotopic (exact) mass is 483 g/mol. The quantitative estimate of drug-likeness (QED) is 0.352. The highest BCUT2D eigenvalue weighted by Crippen LogP contribution is 2.29. The highest BCUT2D eigenvalue weighted by Gasteiger charge is 2.13. The van der Waals surface area contributed by atoms with Gasteiger partial charge in [-0.1, -0.05) is 34.1 Å². The molecule has 30 heavy (non-hydrogen) atoms. The molecule has 3 rings (SSSR count). The van der Waals surface area contributed by atoms with Crippen LogP contribution in [-0.2, 0) is 4.79 Å². The fraction of sp³-hybridized carbons (Fsp3) is 0.136. The molecule has 0 aliphatic heterocycles. The van der Waals surface area contributed by atoms with Gasteiger partial charge in [-0.3, -0.25) is 10.1 Å². The van der Waals surface area contributed by atoms with Gasteiger partial charge in [-0.15, -0.1) is 11.3 Å². The predicted octanol–water partition coefficient (Wildman–Crippen LogP) is 5.53. The summed E-state index contributed by atoms with van der Waals surface area (Å²) in [5.74, 6) is 0.604. The summed E-state index contributed by atoms with van der Waals surface area (Å²) < 4.78 is 11.8. The van der Waals surface area contributed by atoms with Gasteiger partial charge in [0.25, 0.3) is 5.91 Å². The number of nitriles is 1. The number of aromatic nitrogens is 1. The van der Waals surface area contributed by atoms with E-state index in [1.807, 2.05) is 42.6 Å². The van der Waals surface area contributed by atoms with E-state index >= 15 is 0 Å². The summed E-state index contributed by atoms with van der Waals surface area (Å²) in [6.45, 7) is 2.39. The molecule has 0 fully saturated rings. The summed E-state index contributed by atoms with van der Waals surface area (Å²) in [6.07, 6.45) is 1.50. The van der Waals surface area contributed by atoms with Gasteiger partial charge in [0, 0.05) is 15.4 Å². The van der Waals surface area contributed by atoms with Gasteiger partial charge in [0.2, 0.25) is 0 Å². The Morgan fingerprint density at radius 2 is 2.03 bits per heavy atom. The van der Waals surface area contributed by atoms with Crippen molar-refractivity contribution in [2.45, 2.75) is 6.92 Å². The molecule has 1 amide bonds. The smallest absolute Gasteiger partial charge is 0.268 e. The molecule has 0 unspecified atom stereocenters. The Hall–Kier alpha value is -3.15. The SMILES string of the molecule is CCOc1ccc(/C=C(/C#N)C(=O)Nc2nc(-c3ccc(Br)cc3)cs2)cc1OC. The summed E-state index contributed by atoms with van der Waals surface area (Å²) in [5.41, 5.74) is 2.30. The lowest BCUT2D eigenvalue weighted by Gasteiger charge is -2.09. The molecule has 1 aromatic heterocycles. The molecule has 2 aromatic carbocycles. The zero-order chi connectivity index (χ0) is 21.5. The van der Waals surface area contributed by atoms with Crippen molar-refractivity contribution in [2.75, 3.05) is 19.0 Å². The first-order chi connectivity index (χ1) is 14.5. The molecular formula is C22H18BrN3O3S. The summed E-state index contributed by atoms with van der Waals surface area (Å²) >= 11 is 4.70. The zero-order valence-electron chi connectivity index (χ0n) is 16.3. The molecule has 1 heterocycles. The van der Waals surface area contributed by atoms with Crippen molar-refractivity contribution in [2.24, 2.45) is 0 Å². The first-order valence-electron chi connectivity index (χ1n) is 8.99. The number of nitrogens with one attached hydrogen (secondary N) is 1. The average Bonchev–Trinajstić information content (AvgIpc) is 3.21. The Labute approximate surface area is 186 Å². The minimum atomic E-state index is -0.526. The molecule has 1 N–H and O–H groups in total. The minimum absolute atomic E-state index is 0.0402. The van der Waals surface area contributed by atoms with Crippen molar-refractivity contribution in [1.29, 1.82) is 5.26 Å². The van der Waals surface area contributed by atoms with Crippen LogP contribution in [0.25, 0.3) is 17.3 Å². The minimum Gasteiger partial charge on any atom is -0.493 e. The van der Waals surface area contributed by atoms with Gasteiger partial charge in [-0.2, -0.15) is 5.26 Å². The number of carbonyl (C=O) groups is 1. The first-order valence-corrected chi connectivity index (χ1v) is 10.7. The number of benzene rings is 2. The molecule has 3 aromatic rings. The van der Waals surface area contributed by atoms with Crippen molar-refractivity contribution in [1.82, 2.24) is 4.98 Å². The van der Waals surface area contributed by atoms with Crippen molar-refractivity contribution < 1.29 is 14.3 Å². The van der Waals surface area contributed by atoms with E-state index in [4.69, 9.17) is 9.47 Å². The molecule has 0 bridgehead atoms. The van der Waals surface area contributed by atoms with E-state index in [1.54, 1.807) is 18.2 Å². The van der Waals surface area contributed by atoms with Gasteiger partial charge in [0.15, 0.2) is 16.6 Å². The molecule has 0 radical (unpaired) electrons. The Kier molecular flexibility index (Phi) is 7.22. The molecule has 0 aliphatic carbocycles. The van der Waals surface area contributed by atoms with Crippen LogP contribution in [0.5, 0.6) is 11.5 Å². The maximum absolute atomic E-state index is 12.6. The van der Waals surface area contributed by atoms with Gasteiger partial charge in [-0.05, 0) is 42.8 Å². The number of anilines is 1. The van der Waals surface area contributed by atoms with E-state index in [0.717, 1.165) is 15.7 Å². The summed E-state index contributed by atoms with van der Waals surface area (Å²) in [6, 6.07) is 14.9. The third-order valence-corrected chi connectivity index (χ3v) is 5.31. The summed E-state index contributed by atoms with van der Waals surface area (Å²) in [5, 5.41) is 14.4. The van der Waals surface area contributed by atoms with Gasteiger partial charge >= 0.3 is 0 Å². The Morgan fingerprint density at radius 3 is 2.70 bits per heavy atom. The fourth-order valence-corrected chi connectivity index (χ4v) is 3.59. The molecule has 152 valence electrons. The van der Waals surface area contributed by atoms with Crippen LogP contribution in [0.4, 0.5) is 5.13 Å². The number of ether oxygens (including phenoxy) is 2. The van der Waals surface area contributed by atoms with E-state index in [0.29, 0.717) is 28.8 Å². The number of hydrogen-bond acceptors (Lipinski definition) is 6. The van der Waals surface area contributed by atoms with Crippen LogP contribution in [0.3, 0.4) is 0 Å². The third-order valence-electron chi connectivity index (χ3n) is 4.03. The Morgan fingerprint density at radius 1 is 1.27 bits per heavy atom. The Balaban J connectivity index is 1.77. The number of thiazole rings is 1. The van der Waals surface area contributed by atoms with Crippen LogP contribution in [0.15, 0.2) is 57.9 Å². The van der Waals surface area contributed by atoms with E-state index in [1.165, 1.54) is 24.5 Å². The predicted molar refractivity (Wildman–Crippen MR) is 122 cm³/mol. The third kappa shape index (κ3) is 5.26. The van der Waals surface area contributed by atoms with Gasteiger partial charge in [-0.25, -0.2) is 4.98 Å². The van der Waals surface area contributed by atoms with Crippen LogP contribution in [0.1, 0.15) is 12.5 Å². The van der Waals surface area contributed by atoms with Gasteiger partial charge in [0.1, 0.15) is 11.6 Å². The van der Waals surface area contributed by atoms with Crippen LogP contribution < -0.4 is 14.8 Å². The molecule has 0 saturated carbocycles. The lowest BCUT2D eigenvalue weighted by molar-refractivity contribution is -0.112. The molecule has 8 heteroatoms. The van der Waals surface area contributed by atoms with E-state index in [2.05, 4.69) is 26.2 Å². The topological polar surface area (TPSA) is 84.2 Å².